The molecule has 23 heavy (non-hydrogen) atoms. The van der Waals surface area contributed by atoms with Gasteiger partial charge in [0.25, 0.3) is 10.0 Å². The van der Waals surface area contributed by atoms with Crippen LogP contribution in [-0.2, 0) is 10.0 Å². The molecule has 0 saturated carbocycles. The molecule has 0 aliphatic carbocycles. The van der Waals surface area contributed by atoms with Crippen molar-refractivity contribution in [2.24, 2.45) is 0 Å². The summed E-state index contributed by atoms with van der Waals surface area (Å²) >= 11 is 1.15. The molecule has 0 aliphatic rings. The predicted octanol–water partition coefficient (Wildman–Crippen LogP) is 3.32. The van der Waals surface area contributed by atoms with Crippen LogP contribution in [0.1, 0.15) is 12.8 Å². The van der Waals surface area contributed by atoms with Gasteiger partial charge in [-0.3, -0.25) is 4.31 Å². The Kier molecular flexibility index (Phi) is 4.18. The van der Waals surface area contributed by atoms with Crippen LogP contribution in [0.5, 0.6) is 0 Å². The maximum atomic E-state index is 12.9. The summed E-state index contributed by atoms with van der Waals surface area (Å²) in [7, 11) is -3.62. The number of thiophene rings is 1. The van der Waals surface area contributed by atoms with E-state index in [9.17, 15) is 8.42 Å². The van der Waals surface area contributed by atoms with E-state index in [2.05, 4.69) is 10.1 Å². The van der Waals surface area contributed by atoms with Gasteiger partial charge in [0.05, 0.1) is 5.69 Å². The lowest BCUT2D eigenvalue weighted by atomic mass is 10.3. The number of benzene rings is 1. The van der Waals surface area contributed by atoms with Crippen LogP contribution in [0, 0.1) is 6.92 Å². The monoisotopic (exact) mass is 349 g/mol. The van der Waals surface area contributed by atoms with Crippen molar-refractivity contribution in [3.8, 4) is 11.4 Å². The second-order valence-electron chi connectivity index (χ2n) is 4.80. The standard InChI is InChI=1S/C15H15N3O3S2/c1-3-18(13-7-5-4-6-8-13)23(19,20)14-9-12(10-22-14)15-16-11(2)21-17-15/h4-10H,3H2,1-2H3. The number of anilines is 1. The fourth-order valence-corrected chi connectivity index (χ4v) is 4.92. The van der Waals surface area contributed by atoms with E-state index in [0.717, 1.165) is 11.3 Å². The van der Waals surface area contributed by atoms with Crippen LogP contribution in [0.3, 0.4) is 0 Å². The average Bonchev–Trinajstić information content (AvgIpc) is 3.18. The second-order valence-corrected chi connectivity index (χ2v) is 7.80. The Morgan fingerprint density at radius 2 is 2.00 bits per heavy atom. The molecule has 6 nitrogen and oxygen atoms in total. The highest BCUT2D eigenvalue weighted by atomic mass is 32.2. The van der Waals surface area contributed by atoms with Gasteiger partial charge in [0.2, 0.25) is 11.7 Å². The number of hydrogen-bond donors (Lipinski definition) is 0. The van der Waals surface area contributed by atoms with Crippen molar-refractivity contribution in [3.63, 3.8) is 0 Å². The highest BCUT2D eigenvalue weighted by Gasteiger charge is 2.26. The van der Waals surface area contributed by atoms with E-state index >= 15 is 0 Å². The van der Waals surface area contributed by atoms with Crippen LogP contribution in [-0.4, -0.2) is 25.1 Å². The predicted molar refractivity (Wildman–Crippen MR) is 89.0 cm³/mol. The number of para-hydroxylation sites is 1. The Morgan fingerprint density at radius 1 is 1.26 bits per heavy atom. The molecule has 120 valence electrons. The minimum Gasteiger partial charge on any atom is -0.339 e. The summed E-state index contributed by atoms with van der Waals surface area (Å²) in [6.45, 7) is 3.84. The van der Waals surface area contributed by atoms with Crippen molar-refractivity contribution in [3.05, 3.63) is 47.7 Å². The maximum absolute atomic E-state index is 12.9. The van der Waals surface area contributed by atoms with Crippen molar-refractivity contribution in [2.45, 2.75) is 18.1 Å². The van der Waals surface area contributed by atoms with Crippen molar-refractivity contribution < 1.29 is 12.9 Å². The Morgan fingerprint density at radius 3 is 2.61 bits per heavy atom. The van der Waals surface area contributed by atoms with Gasteiger partial charge >= 0.3 is 0 Å². The van der Waals surface area contributed by atoms with E-state index in [4.69, 9.17) is 4.52 Å². The topological polar surface area (TPSA) is 76.3 Å². The molecule has 8 heteroatoms. The van der Waals surface area contributed by atoms with Gasteiger partial charge in [0.15, 0.2) is 0 Å². The molecule has 2 aromatic heterocycles. The lowest BCUT2D eigenvalue weighted by Gasteiger charge is -2.21. The summed E-state index contributed by atoms with van der Waals surface area (Å²) < 4.78 is 32.3. The van der Waals surface area contributed by atoms with Gasteiger partial charge in [-0.1, -0.05) is 23.4 Å². The summed E-state index contributed by atoms with van der Waals surface area (Å²) in [6, 6.07) is 10.6. The van der Waals surface area contributed by atoms with Gasteiger partial charge in [0, 0.05) is 24.4 Å². The van der Waals surface area contributed by atoms with Gasteiger partial charge in [0.1, 0.15) is 4.21 Å². The lowest BCUT2D eigenvalue weighted by molar-refractivity contribution is 0.394. The number of nitrogens with zero attached hydrogens (tertiary/aromatic N) is 3. The molecule has 0 N–H and O–H groups in total. The zero-order valence-corrected chi connectivity index (χ0v) is 14.3. The zero-order chi connectivity index (χ0) is 16.4. The Hall–Kier alpha value is -2.19. The first-order valence-electron chi connectivity index (χ1n) is 6.99. The molecular weight excluding hydrogens is 334 g/mol. The first-order chi connectivity index (χ1) is 11.0. The van der Waals surface area contributed by atoms with E-state index in [1.54, 1.807) is 30.5 Å². The summed E-state index contributed by atoms with van der Waals surface area (Å²) in [4.78, 5) is 4.12. The van der Waals surface area contributed by atoms with Gasteiger partial charge in [-0.15, -0.1) is 11.3 Å². The molecule has 0 aliphatic heterocycles. The largest absolute Gasteiger partial charge is 0.339 e. The van der Waals surface area contributed by atoms with Crippen LogP contribution < -0.4 is 4.31 Å². The first-order valence-corrected chi connectivity index (χ1v) is 9.31. The van der Waals surface area contributed by atoms with E-state index in [1.807, 2.05) is 25.1 Å². The van der Waals surface area contributed by atoms with Crippen LogP contribution in [0.15, 0.2) is 50.5 Å². The minimum absolute atomic E-state index is 0.251. The fourth-order valence-electron chi connectivity index (χ4n) is 2.18. The third kappa shape index (κ3) is 2.99. The second kappa shape index (κ2) is 6.13. The van der Waals surface area contributed by atoms with Crippen LogP contribution >= 0.6 is 11.3 Å². The van der Waals surface area contributed by atoms with Gasteiger partial charge in [-0.2, -0.15) is 4.98 Å². The number of rotatable bonds is 5. The molecule has 3 aromatic rings. The van der Waals surface area contributed by atoms with E-state index in [0.29, 0.717) is 29.5 Å². The normalized spacial score (nSPS) is 11.6. The van der Waals surface area contributed by atoms with Crippen molar-refractivity contribution in [2.75, 3.05) is 10.8 Å². The van der Waals surface area contributed by atoms with Crippen molar-refractivity contribution in [1.82, 2.24) is 10.1 Å². The average molecular weight is 349 g/mol. The molecule has 0 fully saturated rings. The van der Waals surface area contributed by atoms with Gasteiger partial charge in [-0.25, -0.2) is 8.42 Å². The number of hydrogen-bond acceptors (Lipinski definition) is 6. The molecule has 0 radical (unpaired) electrons. The van der Waals surface area contributed by atoms with Crippen LogP contribution in [0.2, 0.25) is 0 Å². The smallest absolute Gasteiger partial charge is 0.273 e. The number of sulfonamides is 1. The number of aryl methyl sites for hydroxylation is 1. The Balaban J connectivity index is 1.98. The van der Waals surface area contributed by atoms with Gasteiger partial charge in [-0.05, 0) is 25.1 Å². The Labute approximate surface area is 138 Å². The lowest BCUT2D eigenvalue weighted by Crippen LogP contribution is -2.30. The SMILES string of the molecule is CCN(c1ccccc1)S(=O)(=O)c1cc(-c2noc(C)n2)cs1. The molecule has 3 rings (SSSR count). The molecule has 0 amide bonds. The maximum Gasteiger partial charge on any atom is 0.273 e. The minimum atomic E-state index is -3.62. The third-order valence-corrected chi connectivity index (χ3v) is 6.56. The van der Waals surface area contributed by atoms with Crippen LogP contribution in [0.25, 0.3) is 11.4 Å². The Bertz CT molecular complexity index is 901. The molecular formula is C15H15N3O3S2. The quantitative estimate of drug-likeness (QED) is 0.706. The van der Waals surface area contributed by atoms with Crippen molar-refractivity contribution in [1.29, 1.82) is 0 Å². The molecule has 0 saturated heterocycles. The highest BCUT2D eigenvalue weighted by Crippen LogP contribution is 2.31. The number of aromatic nitrogens is 2. The molecule has 1 aromatic carbocycles. The van der Waals surface area contributed by atoms with E-state index in [-0.39, 0.29) is 4.21 Å². The molecule has 0 bridgehead atoms. The van der Waals surface area contributed by atoms with Crippen molar-refractivity contribution >= 4 is 27.0 Å². The third-order valence-electron chi connectivity index (χ3n) is 3.24. The molecule has 2 heterocycles. The summed E-state index contributed by atoms with van der Waals surface area (Å²) in [6.07, 6.45) is 0. The van der Waals surface area contributed by atoms with E-state index in [1.165, 1.54) is 4.31 Å². The zero-order valence-electron chi connectivity index (χ0n) is 12.6. The van der Waals surface area contributed by atoms with Crippen LogP contribution in [0.4, 0.5) is 5.69 Å². The fraction of sp³-hybridized carbons (Fsp3) is 0.200. The van der Waals surface area contributed by atoms with E-state index < -0.39 is 10.0 Å². The molecule has 0 unspecified atom stereocenters. The summed E-state index contributed by atoms with van der Waals surface area (Å²) in [5.41, 5.74) is 1.27. The summed E-state index contributed by atoms with van der Waals surface area (Å²) in [5.74, 6) is 0.832. The summed E-state index contributed by atoms with van der Waals surface area (Å²) in [5, 5.41) is 5.53. The molecule has 0 spiro atoms. The molecule has 0 atom stereocenters. The van der Waals surface area contributed by atoms with Gasteiger partial charge < -0.3 is 4.52 Å². The first kappa shape index (κ1) is 15.7. The highest BCUT2D eigenvalue weighted by molar-refractivity contribution is 7.94.